The number of nitrogens with zero attached hydrogens (tertiary/aromatic N) is 1. The molecule has 1 atom stereocenters. The number of hydrogen-bond donors (Lipinski definition) is 0. The summed E-state index contributed by atoms with van der Waals surface area (Å²) >= 11 is 0. The second-order valence-corrected chi connectivity index (χ2v) is 3.58. The van der Waals surface area contributed by atoms with Gasteiger partial charge in [0.05, 0.1) is 19.3 Å². The fourth-order valence-electron chi connectivity index (χ4n) is 1.39. The van der Waals surface area contributed by atoms with E-state index < -0.39 is 24.7 Å². The predicted molar refractivity (Wildman–Crippen MR) is 49.0 cm³/mol. The van der Waals surface area contributed by atoms with Gasteiger partial charge in [0.1, 0.15) is 0 Å². The van der Waals surface area contributed by atoms with Gasteiger partial charge in [-0.25, -0.2) is 4.79 Å². The van der Waals surface area contributed by atoms with Crippen molar-refractivity contribution in [3.63, 3.8) is 0 Å². The van der Waals surface area contributed by atoms with Crippen LogP contribution < -0.4 is 0 Å². The molecule has 1 rings (SSSR count). The number of alkyl halides is 3. The number of hydrogen-bond acceptors (Lipinski definition) is 4. The normalized spacial score (nSPS) is 21.2. The Labute approximate surface area is 95.5 Å². The summed E-state index contributed by atoms with van der Waals surface area (Å²) in [5.41, 5.74) is 0. The van der Waals surface area contributed by atoms with E-state index in [-0.39, 0.29) is 12.6 Å². The van der Waals surface area contributed by atoms with Crippen molar-refractivity contribution in [2.75, 3.05) is 26.4 Å². The van der Waals surface area contributed by atoms with Gasteiger partial charge in [-0.3, -0.25) is 4.79 Å². The number of morpholine rings is 1. The molecule has 1 heterocycles. The van der Waals surface area contributed by atoms with Crippen LogP contribution in [0.15, 0.2) is 0 Å². The minimum Gasteiger partial charge on any atom is -0.449 e. The van der Waals surface area contributed by atoms with Crippen LogP contribution in [0.25, 0.3) is 0 Å². The minimum atomic E-state index is -5.07. The van der Waals surface area contributed by atoms with E-state index in [1.807, 2.05) is 0 Å². The SMILES string of the molecule is CC1COCCN1C(=O)COC(=O)C(F)(F)F. The average Bonchev–Trinajstić information content (AvgIpc) is 2.24. The van der Waals surface area contributed by atoms with Crippen molar-refractivity contribution in [3.05, 3.63) is 0 Å². The molecule has 1 saturated heterocycles. The van der Waals surface area contributed by atoms with Gasteiger partial charge >= 0.3 is 12.1 Å². The molecule has 0 aromatic heterocycles. The first-order valence-corrected chi connectivity index (χ1v) is 4.93. The summed E-state index contributed by atoms with van der Waals surface area (Å²) in [7, 11) is 0. The third kappa shape index (κ3) is 3.88. The Bertz CT molecular complexity index is 305. The zero-order valence-corrected chi connectivity index (χ0v) is 9.12. The molecule has 1 fully saturated rings. The molecule has 0 aliphatic carbocycles. The molecule has 8 heteroatoms. The van der Waals surface area contributed by atoms with E-state index in [1.54, 1.807) is 6.92 Å². The van der Waals surface area contributed by atoms with Crippen LogP contribution in [0.1, 0.15) is 6.92 Å². The Morgan fingerprint density at radius 2 is 2.12 bits per heavy atom. The van der Waals surface area contributed by atoms with Crippen molar-refractivity contribution in [3.8, 4) is 0 Å². The van der Waals surface area contributed by atoms with E-state index in [0.29, 0.717) is 13.2 Å². The molecule has 0 aromatic rings. The van der Waals surface area contributed by atoms with Crippen molar-refractivity contribution < 1.29 is 32.2 Å². The van der Waals surface area contributed by atoms with Crippen molar-refractivity contribution in [1.29, 1.82) is 0 Å². The summed E-state index contributed by atoms with van der Waals surface area (Å²) in [5, 5.41) is 0. The molecule has 1 aliphatic rings. The van der Waals surface area contributed by atoms with Crippen LogP contribution in [-0.2, 0) is 19.1 Å². The van der Waals surface area contributed by atoms with Gasteiger partial charge in [-0.05, 0) is 6.92 Å². The molecule has 1 aliphatic heterocycles. The minimum absolute atomic E-state index is 0.235. The zero-order chi connectivity index (χ0) is 13.1. The van der Waals surface area contributed by atoms with Gasteiger partial charge < -0.3 is 14.4 Å². The quantitative estimate of drug-likeness (QED) is 0.668. The standard InChI is InChI=1S/C9H12F3NO4/c1-6-4-16-3-2-13(6)7(14)5-17-8(15)9(10,11)12/h6H,2-5H2,1H3. The summed E-state index contributed by atoms with van der Waals surface area (Å²) in [6.45, 7) is 1.72. The van der Waals surface area contributed by atoms with Crippen LogP contribution in [-0.4, -0.2) is 55.4 Å². The Morgan fingerprint density at radius 1 is 1.47 bits per heavy atom. The Hall–Kier alpha value is -1.31. The second-order valence-electron chi connectivity index (χ2n) is 3.58. The van der Waals surface area contributed by atoms with E-state index in [1.165, 1.54) is 4.90 Å². The molecule has 0 bridgehead atoms. The smallest absolute Gasteiger partial charge is 0.449 e. The molecule has 1 unspecified atom stereocenters. The Kier molecular flexibility index (Phi) is 4.33. The number of rotatable bonds is 2. The van der Waals surface area contributed by atoms with Crippen LogP contribution in [0.5, 0.6) is 0 Å². The molecule has 0 saturated carbocycles. The molecule has 1 amide bonds. The van der Waals surface area contributed by atoms with Crippen LogP contribution in [0.3, 0.4) is 0 Å². The van der Waals surface area contributed by atoms with Gasteiger partial charge in [0, 0.05) is 6.54 Å². The highest BCUT2D eigenvalue weighted by molar-refractivity contribution is 5.82. The lowest BCUT2D eigenvalue weighted by Crippen LogP contribution is -2.48. The number of carbonyl (C=O) groups excluding carboxylic acids is 2. The van der Waals surface area contributed by atoms with Gasteiger partial charge in [0.15, 0.2) is 6.61 Å². The van der Waals surface area contributed by atoms with Gasteiger partial charge in [-0.1, -0.05) is 0 Å². The number of carbonyl (C=O) groups is 2. The average molecular weight is 255 g/mol. The van der Waals surface area contributed by atoms with Gasteiger partial charge in [0.25, 0.3) is 5.91 Å². The summed E-state index contributed by atoms with van der Waals surface area (Å²) in [6, 6.07) is -0.235. The van der Waals surface area contributed by atoms with Crippen LogP contribution in [0, 0.1) is 0 Å². The highest BCUT2D eigenvalue weighted by Gasteiger charge is 2.41. The molecule has 0 N–H and O–H groups in total. The number of amides is 1. The second kappa shape index (κ2) is 5.35. The van der Waals surface area contributed by atoms with Gasteiger partial charge in [0.2, 0.25) is 0 Å². The topological polar surface area (TPSA) is 55.8 Å². The summed E-state index contributed by atoms with van der Waals surface area (Å²) in [5.74, 6) is -3.01. The fourth-order valence-corrected chi connectivity index (χ4v) is 1.39. The zero-order valence-electron chi connectivity index (χ0n) is 9.12. The summed E-state index contributed by atoms with van der Waals surface area (Å²) < 4.78 is 44.3. The molecule has 0 spiro atoms. The predicted octanol–water partition coefficient (Wildman–Crippen LogP) is 0.339. The van der Waals surface area contributed by atoms with E-state index in [9.17, 15) is 22.8 Å². The van der Waals surface area contributed by atoms with Crippen LogP contribution in [0.4, 0.5) is 13.2 Å². The number of esters is 1. The van der Waals surface area contributed by atoms with E-state index in [2.05, 4.69) is 4.74 Å². The van der Waals surface area contributed by atoms with E-state index in [0.717, 1.165) is 0 Å². The summed E-state index contributed by atoms with van der Waals surface area (Å²) in [6.07, 6.45) is -5.07. The maximum absolute atomic E-state index is 11.8. The van der Waals surface area contributed by atoms with E-state index >= 15 is 0 Å². The van der Waals surface area contributed by atoms with Crippen molar-refractivity contribution >= 4 is 11.9 Å². The van der Waals surface area contributed by atoms with Gasteiger partial charge in [-0.2, -0.15) is 13.2 Å². The van der Waals surface area contributed by atoms with Crippen molar-refractivity contribution in [2.24, 2.45) is 0 Å². The molecule has 0 radical (unpaired) electrons. The number of halogens is 3. The third-order valence-electron chi connectivity index (χ3n) is 2.25. The lowest BCUT2D eigenvalue weighted by atomic mass is 10.2. The summed E-state index contributed by atoms with van der Waals surface area (Å²) in [4.78, 5) is 23.2. The Morgan fingerprint density at radius 3 is 2.65 bits per heavy atom. The molecule has 5 nitrogen and oxygen atoms in total. The van der Waals surface area contributed by atoms with Crippen LogP contribution in [0.2, 0.25) is 0 Å². The first-order valence-electron chi connectivity index (χ1n) is 4.93. The fraction of sp³-hybridized carbons (Fsp3) is 0.778. The van der Waals surface area contributed by atoms with Crippen molar-refractivity contribution in [1.82, 2.24) is 4.90 Å². The monoisotopic (exact) mass is 255 g/mol. The lowest BCUT2D eigenvalue weighted by Gasteiger charge is -2.33. The molecular weight excluding hydrogens is 243 g/mol. The molecular formula is C9H12F3NO4. The highest BCUT2D eigenvalue weighted by Crippen LogP contribution is 2.16. The molecule has 98 valence electrons. The highest BCUT2D eigenvalue weighted by atomic mass is 19.4. The van der Waals surface area contributed by atoms with Crippen LogP contribution >= 0.6 is 0 Å². The van der Waals surface area contributed by atoms with Gasteiger partial charge in [-0.15, -0.1) is 0 Å². The third-order valence-corrected chi connectivity index (χ3v) is 2.25. The molecule has 17 heavy (non-hydrogen) atoms. The maximum Gasteiger partial charge on any atom is 0.490 e. The molecule has 0 aromatic carbocycles. The first kappa shape index (κ1) is 13.8. The first-order chi connectivity index (χ1) is 7.82. The van der Waals surface area contributed by atoms with E-state index in [4.69, 9.17) is 4.74 Å². The maximum atomic E-state index is 11.8. The lowest BCUT2D eigenvalue weighted by molar-refractivity contribution is -0.201. The largest absolute Gasteiger partial charge is 0.490 e. The number of ether oxygens (including phenoxy) is 2. The Balaban J connectivity index is 2.41. The van der Waals surface area contributed by atoms with Crippen molar-refractivity contribution in [2.45, 2.75) is 19.1 Å².